The van der Waals surface area contributed by atoms with Crippen molar-refractivity contribution in [2.75, 3.05) is 0 Å². The van der Waals surface area contributed by atoms with Crippen molar-refractivity contribution in [1.29, 1.82) is 0 Å². The largest absolute Gasteiger partial charge is 0.300 e. The van der Waals surface area contributed by atoms with Gasteiger partial charge in [-0.1, -0.05) is 55.5 Å². The first-order valence-corrected chi connectivity index (χ1v) is 9.08. The smallest absolute Gasteiger partial charge is 0.193 e. The van der Waals surface area contributed by atoms with E-state index in [-0.39, 0.29) is 29.2 Å². The molecule has 2 rings (SSSR count). The number of hydrogen-bond acceptors (Lipinski definition) is 3. The van der Waals surface area contributed by atoms with Crippen LogP contribution in [-0.4, -0.2) is 17.3 Å². The van der Waals surface area contributed by atoms with Gasteiger partial charge in [-0.15, -0.1) is 0 Å². The lowest BCUT2D eigenvalue weighted by molar-refractivity contribution is -0.123. The maximum Gasteiger partial charge on any atom is 0.193 e. The predicted octanol–water partition coefficient (Wildman–Crippen LogP) is 4.67. The van der Waals surface area contributed by atoms with E-state index in [0.717, 1.165) is 5.56 Å². The number of carbonyl (C=O) groups excluding carboxylic acids is 3. The Morgan fingerprint density at radius 3 is 2.12 bits per heavy atom. The second-order valence-electron chi connectivity index (χ2n) is 6.99. The molecular weight excluding hydrogens is 324 g/mol. The standard InChI is InChI=1S/C23H26O3/c1-16(17(2)24)14-21(18(3)25)13-12-19-8-7-11-22(15-19)23(26)20-9-5-4-6-10-20/h4-11,15-16,21H,12-14H2,1-3H3. The molecule has 0 fully saturated rings. The Kier molecular flexibility index (Phi) is 7.02. The van der Waals surface area contributed by atoms with Crippen LogP contribution in [0, 0.1) is 11.8 Å². The van der Waals surface area contributed by atoms with Crippen molar-refractivity contribution in [2.45, 2.75) is 40.0 Å². The van der Waals surface area contributed by atoms with Crippen LogP contribution < -0.4 is 0 Å². The van der Waals surface area contributed by atoms with Crippen LogP contribution in [0.5, 0.6) is 0 Å². The van der Waals surface area contributed by atoms with Crippen LogP contribution in [0.4, 0.5) is 0 Å². The Bertz CT molecular complexity index is 777. The molecule has 0 N–H and O–H groups in total. The predicted molar refractivity (Wildman–Crippen MR) is 103 cm³/mol. The van der Waals surface area contributed by atoms with Crippen LogP contribution in [0.25, 0.3) is 0 Å². The van der Waals surface area contributed by atoms with E-state index in [9.17, 15) is 14.4 Å². The molecule has 0 saturated carbocycles. The molecular formula is C23H26O3. The number of Topliss-reactive ketones (excluding diaryl/α,β-unsaturated/α-hetero) is 2. The van der Waals surface area contributed by atoms with Gasteiger partial charge in [0.15, 0.2) is 5.78 Å². The molecule has 0 bridgehead atoms. The molecule has 0 heterocycles. The molecule has 0 saturated heterocycles. The number of rotatable bonds is 9. The first-order chi connectivity index (χ1) is 12.4. The number of carbonyl (C=O) groups is 3. The van der Waals surface area contributed by atoms with Gasteiger partial charge in [0.25, 0.3) is 0 Å². The zero-order valence-corrected chi connectivity index (χ0v) is 15.7. The van der Waals surface area contributed by atoms with Crippen molar-refractivity contribution in [3.63, 3.8) is 0 Å². The fourth-order valence-corrected chi connectivity index (χ4v) is 3.04. The summed E-state index contributed by atoms with van der Waals surface area (Å²) in [6.45, 7) is 5.03. The van der Waals surface area contributed by atoms with Crippen molar-refractivity contribution >= 4 is 17.3 Å². The van der Waals surface area contributed by atoms with E-state index < -0.39 is 0 Å². The number of aryl methyl sites for hydroxylation is 1. The summed E-state index contributed by atoms with van der Waals surface area (Å²) in [5.41, 5.74) is 2.36. The molecule has 0 aliphatic rings. The first-order valence-electron chi connectivity index (χ1n) is 9.08. The molecule has 2 aromatic carbocycles. The minimum Gasteiger partial charge on any atom is -0.300 e. The van der Waals surface area contributed by atoms with Gasteiger partial charge in [0.1, 0.15) is 11.6 Å². The van der Waals surface area contributed by atoms with E-state index in [1.54, 1.807) is 13.8 Å². The quantitative estimate of drug-likeness (QED) is 0.618. The van der Waals surface area contributed by atoms with Crippen LogP contribution in [-0.2, 0) is 16.0 Å². The summed E-state index contributed by atoms with van der Waals surface area (Å²) in [5, 5.41) is 0. The molecule has 2 atom stereocenters. The molecule has 3 heteroatoms. The minimum atomic E-state index is -0.123. The van der Waals surface area contributed by atoms with Crippen LogP contribution in [0.3, 0.4) is 0 Å². The lowest BCUT2D eigenvalue weighted by Gasteiger charge is -2.17. The number of benzene rings is 2. The molecule has 0 aromatic heterocycles. The van der Waals surface area contributed by atoms with E-state index in [1.165, 1.54) is 0 Å². The van der Waals surface area contributed by atoms with Gasteiger partial charge >= 0.3 is 0 Å². The highest BCUT2D eigenvalue weighted by atomic mass is 16.1. The van der Waals surface area contributed by atoms with Crippen LogP contribution in [0.15, 0.2) is 54.6 Å². The van der Waals surface area contributed by atoms with Gasteiger partial charge in [-0.3, -0.25) is 14.4 Å². The SMILES string of the molecule is CC(=O)C(C)CC(CCc1cccc(C(=O)c2ccccc2)c1)C(C)=O. The van der Waals surface area contributed by atoms with E-state index in [2.05, 4.69) is 0 Å². The molecule has 0 amide bonds. The van der Waals surface area contributed by atoms with Gasteiger partial charge in [-0.2, -0.15) is 0 Å². The second-order valence-corrected chi connectivity index (χ2v) is 6.99. The fraction of sp³-hybridized carbons (Fsp3) is 0.348. The number of hydrogen-bond donors (Lipinski definition) is 0. The zero-order valence-electron chi connectivity index (χ0n) is 15.7. The Morgan fingerprint density at radius 1 is 0.846 bits per heavy atom. The molecule has 2 unspecified atom stereocenters. The van der Waals surface area contributed by atoms with Crippen LogP contribution >= 0.6 is 0 Å². The summed E-state index contributed by atoms with van der Waals surface area (Å²) in [5.74, 6) is 0.0133. The zero-order chi connectivity index (χ0) is 19.1. The molecule has 0 aliphatic carbocycles. The summed E-state index contributed by atoms with van der Waals surface area (Å²) in [6.07, 6.45) is 1.99. The average molecular weight is 350 g/mol. The van der Waals surface area contributed by atoms with Gasteiger partial charge < -0.3 is 0 Å². The van der Waals surface area contributed by atoms with E-state index >= 15 is 0 Å². The Labute approximate surface area is 155 Å². The van der Waals surface area contributed by atoms with E-state index in [1.807, 2.05) is 61.5 Å². The van der Waals surface area contributed by atoms with Gasteiger partial charge in [0, 0.05) is 23.0 Å². The lowest BCUT2D eigenvalue weighted by Crippen LogP contribution is -2.19. The number of ketones is 3. The third kappa shape index (κ3) is 5.48. The maximum absolute atomic E-state index is 12.6. The summed E-state index contributed by atoms with van der Waals surface area (Å²) >= 11 is 0. The van der Waals surface area contributed by atoms with Crippen molar-refractivity contribution in [3.8, 4) is 0 Å². The molecule has 0 spiro atoms. The molecule has 3 nitrogen and oxygen atoms in total. The highest BCUT2D eigenvalue weighted by Crippen LogP contribution is 2.21. The highest BCUT2D eigenvalue weighted by molar-refractivity contribution is 6.09. The summed E-state index contributed by atoms with van der Waals surface area (Å²) in [4.78, 5) is 36.0. The van der Waals surface area contributed by atoms with Gasteiger partial charge in [-0.05, 0) is 44.7 Å². The normalized spacial score (nSPS) is 13.0. The van der Waals surface area contributed by atoms with Crippen molar-refractivity contribution in [1.82, 2.24) is 0 Å². The fourth-order valence-electron chi connectivity index (χ4n) is 3.04. The topological polar surface area (TPSA) is 51.2 Å². The van der Waals surface area contributed by atoms with Crippen LogP contribution in [0.1, 0.15) is 55.1 Å². The maximum atomic E-state index is 12.6. The lowest BCUT2D eigenvalue weighted by atomic mass is 9.86. The molecule has 136 valence electrons. The average Bonchev–Trinajstić information content (AvgIpc) is 2.64. The van der Waals surface area contributed by atoms with Gasteiger partial charge in [0.05, 0.1) is 0 Å². The highest BCUT2D eigenvalue weighted by Gasteiger charge is 2.20. The summed E-state index contributed by atoms with van der Waals surface area (Å²) in [7, 11) is 0. The molecule has 2 aromatic rings. The summed E-state index contributed by atoms with van der Waals surface area (Å²) in [6, 6.07) is 16.8. The molecule has 0 radical (unpaired) electrons. The monoisotopic (exact) mass is 350 g/mol. The Hall–Kier alpha value is -2.55. The van der Waals surface area contributed by atoms with E-state index in [4.69, 9.17) is 0 Å². The van der Waals surface area contributed by atoms with E-state index in [0.29, 0.717) is 30.4 Å². The Morgan fingerprint density at radius 2 is 1.50 bits per heavy atom. The summed E-state index contributed by atoms with van der Waals surface area (Å²) < 4.78 is 0. The van der Waals surface area contributed by atoms with Crippen molar-refractivity contribution in [3.05, 3.63) is 71.3 Å². The molecule has 26 heavy (non-hydrogen) atoms. The third-order valence-electron chi connectivity index (χ3n) is 4.91. The third-order valence-corrected chi connectivity index (χ3v) is 4.91. The minimum absolute atomic E-state index is 0.000713. The molecule has 0 aliphatic heterocycles. The van der Waals surface area contributed by atoms with Gasteiger partial charge in [-0.25, -0.2) is 0 Å². The first kappa shape index (κ1) is 19.8. The second kappa shape index (κ2) is 9.23. The van der Waals surface area contributed by atoms with Crippen molar-refractivity contribution < 1.29 is 14.4 Å². The van der Waals surface area contributed by atoms with Gasteiger partial charge in [0.2, 0.25) is 0 Å². The van der Waals surface area contributed by atoms with Crippen LogP contribution in [0.2, 0.25) is 0 Å². The Balaban J connectivity index is 2.06. The van der Waals surface area contributed by atoms with Crippen molar-refractivity contribution in [2.24, 2.45) is 11.8 Å².